The Morgan fingerprint density at radius 2 is 1.24 bits per heavy atom. The first kappa shape index (κ1) is 27.5. The third kappa shape index (κ3) is 4.75. The summed E-state index contributed by atoms with van der Waals surface area (Å²) in [5.41, 5.74) is -0.178. The number of hydrogen-bond acceptors (Lipinski definition) is 11. The molecule has 0 amide bonds. The molecule has 0 fully saturated rings. The lowest BCUT2D eigenvalue weighted by molar-refractivity contribution is 0.0592. The number of nitrogens with zero attached hydrogens (tertiary/aromatic N) is 1. The van der Waals surface area contributed by atoms with Crippen molar-refractivity contribution in [1.82, 2.24) is 9.55 Å². The van der Waals surface area contributed by atoms with Gasteiger partial charge < -0.3 is 45.3 Å². The maximum absolute atomic E-state index is 12.8. The Labute approximate surface area is 236 Å². The number of phenolic OH excluding ortho intramolecular Hbond substituents is 5. The Kier molecular flexibility index (Phi) is 6.84. The van der Waals surface area contributed by atoms with Crippen molar-refractivity contribution < 1.29 is 44.6 Å². The van der Waals surface area contributed by atoms with Crippen molar-refractivity contribution in [2.24, 2.45) is 0 Å². The molecule has 0 aliphatic rings. The molecule has 1 heterocycles. The fourth-order valence-electron chi connectivity index (χ4n) is 4.56. The van der Waals surface area contributed by atoms with Crippen molar-refractivity contribution in [3.63, 3.8) is 0 Å². The van der Waals surface area contributed by atoms with Gasteiger partial charge in [-0.05, 0) is 36.4 Å². The first-order valence-corrected chi connectivity index (χ1v) is 12.2. The van der Waals surface area contributed by atoms with E-state index in [2.05, 4.69) is 15.0 Å². The van der Waals surface area contributed by atoms with Crippen molar-refractivity contribution in [2.75, 3.05) is 19.5 Å². The molecule has 4 aromatic carbocycles. The first-order valence-electron chi connectivity index (χ1n) is 12.2. The average Bonchev–Trinajstić information content (AvgIpc) is 3.29. The van der Waals surface area contributed by atoms with Crippen LogP contribution >= 0.6 is 0 Å². The number of fused-ring (bicyclic) bond motifs is 1. The second kappa shape index (κ2) is 10.5. The summed E-state index contributed by atoms with van der Waals surface area (Å²) in [4.78, 5) is 39.2. The summed E-state index contributed by atoms with van der Waals surface area (Å²) in [7, 11) is 2.42. The Morgan fingerprint density at radius 1 is 0.714 bits per heavy atom. The number of benzene rings is 4. The van der Waals surface area contributed by atoms with Crippen LogP contribution in [0, 0.1) is 0 Å². The van der Waals surface area contributed by atoms with Crippen LogP contribution in [0.2, 0.25) is 0 Å². The van der Waals surface area contributed by atoms with Gasteiger partial charge >= 0.3 is 17.6 Å². The molecule has 0 aliphatic heterocycles. The fraction of sp³-hybridized carbons (Fsp3) is 0.0690. The molecule has 0 spiro atoms. The molecule has 214 valence electrons. The molecule has 13 nitrogen and oxygen atoms in total. The smallest absolute Gasteiger partial charge is 0.337 e. The van der Waals surface area contributed by atoms with Crippen LogP contribution in [-0.2, 0) is 9.47 Å². The number of esters is 2. The van der Waals surface area contributed by atoms with Gasteiger partial charge in [-0.1, -0.05) is 0 Å². The molecule has 7 N–H and O–H groups in total. The SMILES string of the molecule is COC(=O)c1ccc(O)c(Nc2cc(O)c(-c3c(O)cc(-n4c(=O)[nH]c5ccc(C(=O)OC)cc54)cc3O)c(O)c2)c1. The van der Waals surface area contributed by atoms with Gasteiger partial charge in [-0.15, -0.1) is 0 Å². The molecule has 0 bridgehead atoms. The molecule has 5 rings (SSSR count). The molecular weight excluding hydrogens is 550 g/mol. The van der Waals surface area contributed by atoms with Gasteiger partial charge in [0.2, 0.25) is 0 Å². The van der Waals surface area contributed by atoms with Crippen molar-refractivity contribution in [1.29, 1.82) is 0 Å². The molecule has 13 heteroatoms. The lowest BCUT2D eigenvalue weighted by atomic mass is 9.99. The van der Waals surface area contributed by atoms with Gasteiger partial charge in [-0.2, -0.15) is 0 Å². The Hall–Kier alpha value is -6.11. The highest BCUT2D eigenvalue weighted by Crippen LogP contribution is 2.49. The summed E-state index contributed by atoms with van der Waals surface area (Å²) in [6, 6.07) is 12.9. The molecule has 0 unspecified atom stereocenters. The molecule has 1 aromatic heterocycles. The van der Waals surface area contributed by atoms with Gasteiger partial charge in [0, 0.05) is 30.0 Å². The van der Waals surface area contributed by atoms with E-state index in [0.717, 1.165) is 28.8 Å². The van der Waals surface area contributed by atoms with Crippen LogP contribution in [0.15, 0.2) is 65.5 Å². The maximum Gasteiger partial charge on any atom is 0.337 e. The van der Waals surface area contributed by atoms with Crippen LogP contribution in [-0.4, -0.2) is 61.2 Å². The van der Waals surface area contributed by atoms with E-state index >= 15 is 0 Å². The number of aromatic hydroxyl groups is 5. The number of imidazole rings is 1. The van der Waals surface area contributed by atoms with Gasteiger partial charge in [0.15, 0.2) is 0 Å². The molecule has 0 aliphatic carbocycles. The highest BCUT2D eigenvalue weighted by Gasteiger charge is 2.23. The van der Waals surface area contributed by atoms with Gasteiger partial charge in [-0.25, -0.2) is 14.4 Å². The third-order valence-corrected chi connectivity index (χ3v) is 6.49. The third-order valence-electron chi connectivity index (χ3n) is 6.49. The van der Waals surface area contributed by atoms with Crippen LogP contribution in [0.3, 0.4) is 0 Å². The molecular formula is C29H23N3O10. The molecule has 0 saturated heterocycles. The molecule has 0 atom stereocenters. The number of hydrogen-bond donors (Lipinski definition) is 7. The number of methoxy groups -OCH3 is 2. The standard InChI is InChI=1S/C29H23N3O10/c1-41-27(38)13-4-6-20(33)18(7-13)30-15-9-21(34)25(22(35)10-15)26-23(36)11-16(12-24(26)37)32-19-8-14(28(39)42-2)3-5-17(19)31-29(32)40/h3-12,30,33-37H,1-2H3,(H,31,40). The Morgan fingerprint density at radius 3 is 1.81 bits per heavy atom. The number of anilines is 2. The zero-order valence-corrected chi connectivity index (χ0v) is 22.0. The number of aromatic nitrogens is 2. The summed E-state index contributed by atoms with van der Waals surface area (Å²) in [5.74, 6) is -3.82. The highest BCUT2D eigenvalue weighted by molar-refractivity contribution is 5.95. The summed E-state index contributed by atoms with van der Waals surface area (Å²) in [6.45, 7) is 0. The fourth-order valence-corrected chi connectivity index (χ4v) is 4.56. The maximum atomic E-state index is 12.8. The average molecular weight is 574 g/mol. The van der Waals surface area contributed by atoms with E-state index < -0.39 is 40.6 Å². The first-order chi connectivity index (χ1) is 20.0. The van der Waals surface area contributed by atoms with E-state index in [0.29, 0.717) is 5.52 Å². The van der Waals surface area contributed by atoms with Gasteiger partial charge in [0.1, 0.15) is 28.7 Å². The molecule has 0 saturated carbocycles. The predicted octanol–water partition coefficient (Wildman–Crippen LogP) is 3.83. The van der Waals surface area contributed by atoms with E-state index in [1.165, 1.54) is 50.6 Å². The lowest BCUT2D eigenvalue weighted by Gasteiger charge is -2.16. The monoisotopic (exact) mass is 573 g/mol. The zero-order valence-electron chi connectivity index (χ0n) is 22.0. The quantitative estimate of drug-likeness (QED) is 0.115. The van der Waals surface area contributed by atoms with Crippen LogP contribution in [0.4, 0.5) is 11.4 Å². The van der Waals surface area contributed by atoms with E-state index in [1.54, 1.807) is 0 Å². The minimum absolute atomic E-state index is 0.0187. The largest absolute Gasteiger partial charge is 0.507 e. The van der Waals surface area contributed by atoms with E-state index in [-0.39, 0.29) is 50.6 Å². The number of nitrogens with one attached hydrogen (secondary N) is 2. The lowest BCUT2D eigenvalue weighted by Crippen LogP contribution is -2.14. The minimum atomic E-state index is -0.646. The number of aromatic amines is 1. The van der Waals surface area contributed by atoms with Crippen LogP contribution in [0.25, 0.3) is 27.8 Å². The van der Waals surface area contributed by atoms with Gasteiger partial charge in [0.25, 0.3) is 0 Å². The van der Waals surface area contributed by atoms with Crippen molar-refractivity contribution in [3.8, 4) is 45.6 Å². The Bertz CT molecular complexity index is 1910. The summed E-state index contributed by atoms with van der Waals surface area (Å²) >= 11 is 0. The molecule has 5 aromatic rings. The van der Waals surface area contributed by atoms with E-state index in [1.807, 2.05) is 0 Å². The van der Waals surface area contributed by atoms with E-state index in [4.69, 9.17) is 4.74 Å². The highest BCUT2D eigenvalue weighted by atomic mass is 16.5. The number of rotatable bonds is 6. The summed E-state index contributed by atoms with van der Waals surface area (Å²) < 4.78 is 10.5. The van der Waals surface area contributed by atoms with Crippen molar-refractivity contribution >= 4 is 34.3 Å². The number of ether oxygens (including phenoxy) is 2. The Balaban J connectivity index is 1.55. The molecule has 0 radical (unpaired) electrons. The second-order valence-electron chi connectivity index (χ2n) is 9.09. The van der Waals surface area contributed by atoms with Crippen molar-refractivity contribution in [3.05, 3.63) is 82.3 Å². The number of H-pyrrole nitrogens is 1. The van der Waals surface area contributed by atoms with Crippen LogP contribution < -0.4 is 11.0 Å². The topological polar surface area (TPSA) is 204 Å². The van der Waals surface area contributed by atoms with Crippen LogP contribution in [0.5, 0.6) is 28.7 Å². The summed E-state index contributed by atoms with van der Waals surface area (Å²) in [5, 5.41) is 56.3. The van der Waals surface area contributed by atoms with E-state index in [9.17, 15) is 39.9 Å². The van der Waals surface area contributed by atoms with Crippen molar-refractivity contribution in [2.45, 2.75) is 0 Å². The number of phenols is 5. The molecule has 42 heavy (non-hydrogen) atoms. The summed E-state index contributed by atoms with van der Waals surface area (Å²) in [6.07, 6.45) is 0. The second-order valence-corrected chi connectivity index (χ2v) is 9.09. The normalized spacial score (nSPS) is 10.9. The number of carbonyl (C=O) groups is 2. The van der Waals surface area contributed by atoms with Gasteiger partial charge in [0.05, 0.1) is 58.9 Å². The minimum Gasteiger partial charge on any atom is -0.507 e. The predicted molar refractivity (Wildman–Crippen MR) is 150 cm³/mol. The van der Waals surface area contributed by atoms with Crippen LogP contribution in [0.1, 0.15) is 20.7 Å². The van der Waals surface area contributed by atoms with Gasteiger partial charge in [-0.3, -0.25) is 4.57 Å². The number of carbonyl (C=O) groups excluding carboxylic acids is 2. The zero-order chi connectivity index (χ0) is 30.3.